The van der Waals surface area contributed by atoms with Crippen LogP contribution in [0.25, 0.3) is 89.7 Å². The second-order valence-corrected chi connectivity index (χ2v) is 42.2. The zero-order valence-electron chi connectivity index (χ0n) is 50.4. The van der Waals surface area contributed by atoms with E-state index in [4.69, 9.17) is 29.9 Å². The van der Waals surface area contributed by atoms with Crippen molar-refractivity contribution in [3.8, 4) is 45.6 Å². The van der Waals surface area contributed by atoms with Gasteiger partial charge in [-0.2, -0.15) is 0 Å². The molecule has 0 amide bonds. The molecule has 6 aliphatic heterocycles. The number of aryl methyl sites for hydroxylation is 4. The highest BCUT2D eigenvalue weighted by Gasteiger charge is 2.38. The second-order valence-electron chi connectivity index (χ2n) is 23.0. The van der Waals surface area contributed by atoms with Crippen LogP contribution < -0.4 is 0 Å². The molecule has 4 aromatic carbocycles. The van der Waals surface area contributed by atoms with Crippen LogP contribution in [0.15, 0.2) is 39.2 Å². The zero-order chi connectivity index (χ0) is 59.0. The SMILES string of the molecule is CCCCc1c2c(c(CCCC)c3c1-c1nc-3nc3[nH]c(nc4nc(nc5[nH]c(n1)c1c(CCCC)c6c(c(CCCC)c51)SSS6)-c1c(CCCC)c5c(c(CCCC)c1-4)SSS5)c1c(CCCC)c4c(c(CCCC)c31)SSS4)SSSSS2. The first-order chi connectivity index (χ1) is 42.4. The van der Waals surface area contributed by atoms with Gasteiger partial charge in [-0.3, -0.25) is 0 Å². The van der Waals surface area contributed by atoms with Crippen LogP contribution in [0.5, 0.6) is 0 Å². The number of hydrogen-bond donors (Lipinski definition) is 2. The van der Waals surface area contributed by atoms with E-state index in [0.717, 1.165) is 200 Å². The van der Waals surface area contributed by atoms with E-state index in [-0.39, 0.29) is 0 Å². The quantitative estimate of drug-likeness (QED) is 0.0560. The Morgan fingerprint density at radius 3 is 0.651 bits per heavy atom. The molecule has 3 aromatic heterocycles. The first kappa shape index (κ1) is 63.9. The third kappa shape index (κ3) is 11.9. The highest BCUT2D eigenvalue weighted by molar-refractivity contribution is 9.36. The molecule has 0 radical (unpaired) electrons. The molecule has 8 nitrogen and oxygen atoms in total. The summed E-state index contributed by atoms with van der Waals surface area (Å²) in [4.78, 5) is 55.9. The summed E-state index contributed by atoms with van der Waals surface area (Å²) in [5.74, 6) is 3.08. The number of rotatable bonds is 24. The molecule has 454 valence electrons. The Kier molecular flexibility index (Phi) is 21.7. The van der Waals surface area contributed by atoms with Crippen molar-refractivity contribution >= 4 is 189 Å². The lowest BCUT2D eigenvalue weighted by Crippen LogP contribution is -2.03. The van der Waals surface area contributed by atoms with Gasteiger partial charge < -0.3 is 9.97 Å². The van der Waals surface area contributed by atoms with Gasteiger partial charge in [-0.15, -0.1) is 0 Å². The van der Waals surface area contributed by atoms with E-state index in [2.05, 4.69) is 65.4 Å². The minimum Gasteiger partial charge on any atom is -0.324 e. The summed E-state index contributed by atoms with van der Waals surface area (Å²) in [6.45, 7) is 18.6. The van der Waals surface area contributed by atoms with Gasteiger partial charge >= 0.3 is 0 Å². The van der Waals surface area contributed by atoms with E-state index in [1.807, 2.05) is 145 Å². The minimum atomic E-state index is 0.768. The van der Waals surface area contributed by atoms with Crippen molar-refractivity contribution in [1.82, 2.24) is 39.9 Å². The third-order valence-corrected chi connectivity index (χ3v) is 38.3. The Balaban J connectivity index is 1.30. The first-order valence-electron chi connectivity index (χ1n) is 31.5. The smallest absolute Gasteiger partial charge is 0.165 e. The van der Waals surface area contributed by atoms with Gasteiger partial charge in [0.25, 0.3) is 0 Å². The van der Waals surface area contributed by atoms with Gasteiger partial charge in [0, 0.05) is 83.0 Å². The highest BCUT2D eigenvalue weighted by Crippen LogP contribution is 2.66. The van der Waals surface area contributed by atoms with E-state index in [1.165, 1.54) is 127 Å². The Morgan fingerprint density at radius 2 is 0.430 bits per heavy atom. The molecule has 9 heterocycles. The molecule has 22 heteroatoms. The summed E-state index contributed by atoms with van der Waals surface area (Å²) in [6.07, 6.45) is 25.2. The summed E-state index contributed by atoms with van der Waals surface area (Å²) >= 11 is 0. The summed E-state index contributed by atoms with van der Waals surface area (Å²) in [6, 6.07) is 0. The summed E-state index contributed by atoms with van der Waals surface area (Å²) < 4.78 is 0. The molecule has 0 aliphatic carbocycles. The third-order valence-electron chi connectivity index (χ3n) is 17.3. The van der Waals surface area contributed by atoms with Gasteiger partial charge in [-0.05, 0) is 293 Å². The van der Waals surface area contributed by atoms with Crippen LogP contribution in [-0.4, -0.2) is 39.9 Å². The van der Waals surface area contributed by atoms with Gasteiger partial charge in [-0.1, -0.05) is 107 Å². The number of aromatic amines is 2. The molecule has 13 rings (SSSR count). The van der Waals surface area contributed by atoms with Gasteiger partial charge in [-0.25, -0.2) is 29.9 Å². The number of hydrogen-bond acceptors (Lipinski definition) is 20. The summed E-state index contributed by atoms with van der Waals surface area (Å²) in [5.41, 5.74) is 19.2. The maximum absolute atomic E-state index is 6.13. The van der Waals surface area contributed by atoms with Crippen LogP contribution in [-0.2, 0) is 51.4 Å². The lowest BCUT2D eigenvalue weighted by Gasteiger charge is -2.20. The molecular weight excluding hydrogens is 1330 g/mol. The van der Waals surface area contributed by atoms with Crippen molar-refractivity contribution in [3.63, 3.8) is 0 Å². The molecule has 0 fully saturated rings. The zero-order valence-corrected chi connectivity index (χ0v) is 61.8. The number of nitrogens with one attached hydrogen (secondary N) is 2. The van der Waals surface area contributed by atoms with Crippen LogP contribution in [0, 0.1) is 0 Å². The molecular formula is C64H74N8S14. The van der Waals surface area contributed by atoms with Gasteiger partial charge in [0.15, 0.2) is 23.3 Å². The van der Waals surface area contributed by atoms with E-state index in [0.29, 0.717) is 0 Å². The van der Waals surface area contributed by atoms with Crippen molar-refractivity contribution in [3.05, 3.63) is 44.5 Å². The van der Waals surface area contributed by atoms with E-state index in [9.17, 15) is 0 Å². The lowest BCUT2D eigenvalue weighted by molar-refractivity contribution is 0.764. The number of H-pyrrole nitrogens is 2. The molecule has 2 N–H and O–H groups in total. The van der Waals surface area contributed by atoms with E-state index < -0.39 is 0 Å². The summed E-state index contributed by atoms with van der Waals surface area (Å²) in [7, 11) is 27.1. The number of aromatic nitrogens is 8. The van der Waals surface area contributed by atoms with Crippen molar-refractivity contribution in [2.45, 2.75) is 249 Å². The van der Waals surface area contributed by atoms with E-state index >= 15 is 0 Å². The van der Waals surface area contributed by atoms with Crippen LogP contribution in [0.1, 0.15) is 203 Å². The largest absolute Gasteiger partial charge is 0.324 e. The molecule has 0 unspecified atom stereocenters. The topological polar surface area (TPSA) is 109 Å². The minimum absolute atomic E-state index is 0.768. The second kappa shape index (κ2) is 29.2. The predicted molar refractivity (Wildman–Crippen MR) is 397 cm³/mol. The lowest BCUT2D eigenvalue weighted by atomic mass is 9.91. The standard InChI is InChI=1S/C64H74N8S14/c1-9-17-25-33-41-42(34(26-18-10-2)50-49(33)73-81-74-50)58-65-57(41)66-59-43-35(27-19-11-3)51-53(77-82-75-51)37(29-21-13-5)45(43)61(68-59)70-63-47-39(31-23-15-7)55-56(80-85-86-84-79-55)40(32-24-16-8)48(47)64(72-63)71-62-46-38(30-22-14-6)54-52(76-83-78-54)36(28-20-12-4)44(46)60(67-58)69-62/h9-32H2,1-8H3,(H2,65,66,67,68,69,70,71,72). The molecule has 0 spiro atoms. The fourth-order valence-electron chi connectivity index (χ4n) is 13.0. The number of fused-ring (bicyclic) bond motifs is 24. The summed E-state index contributed by atoms with van der Waals surface area (Å²) in [5, 5.41) is 4.84. The molecule has 0 saturated carbocycles. The first-order valence-corrected chi connectivity index (χ1v) is 48.1. The van der Waals surface area contributed by atoms with Crippen LogP contribution >= 0.6 is 145 Å². The molecule has 8 bridgehead atoms. The molecule has 0 atom stereocenters. The van der Waals surface area contributed by atoms with Crippen LogP contribution in [0.4, 0.5) is 0 Å². The number of nitrogens with zero attached hydrogens (tertiary/aromatic N) is 6. The number of unbranched alkanes of at least 4 members (excludes halogenated alkanes) is 8. The van der Waals surface area contributed by atoms with Crippen molar-refractivity contribution in [2.75, 3.05) is 0 Å². The van der Waals surface area contributed by atoms with Crippen molar-refractivity contribution in [2.24, 2.45) is 0 Å². The maximum Gasteiger partial charge on any atom is 0.165 e. The molecule has 6 aliphatic rings. The monoisotopic (exact) mass is 1400 g/mol. The molecule has 86 heavy (non-hydrogen) atoms. The highest BCUT2D eigenvalue weighted by atomic mass is 33.8. The predicted octanol–water partition coefficient (Wildman–Crippen LogP) is 26.0. The average molecular weight is 1400 g/mol. The Labute approximate surface area is 561 Å². The maximum atomic E-state index is 6.13. The average Bonchev–Trinajstić information content (AvgIpc) is 1.63. The van der Waals surface area contributed by atoms with Gasteiger partial charge in [0.2, 0.25) is 0 Å². The molecule has 7 aromatic rings. The Bertz CT molecular complexity index is 3710. The molecule has 0 saturated heterocycles. The Morgan fingerprint density at radius 1 is 0.233 bits per heavy atom. The van der Waals surface area contributed by atoms with E-state index in [1.54, 1.807) is 0 Å². The Hall–Kier alpha value is -0.860. The van der Waals surface area contributed by atoms with Crippen molar-refractivity contribution < 1.29 is 0 Å². The van der Waals surface area contributed by atoms with Crippen LogP contribution in [0.2, 0.25) is 0 Å². The van der Waals surface area contributed by atoms with Crippen molar-refractivity contribution in [1.29, 1.82) is 0 Å². The number of benzene rings is 4. The van der Waals surface area contributed by atoms with Crippen LogP contribution in [0.3, 0.4) is 0 Å². The fraction of sp³-hybridized carbons (Fsp3) is 0.500. The van der Waals surface area contributed by atoms with Gasteiger partial charge in [0.05, 0.1) is 0 Å². The van der Waals surface area contributed by atoms with Gasteiger partial charge in [0.1, 0.15) is 22.6 Å². The fourth-order valence-corrected chi connectivity index (χ4v) is 37.1. The normalized spacial score (nSPS) is 15.0.